The minimum absolute atomic E-state index is 0.204. The molecule has 0 aromatic rings. The van der Waals surface area contributed by atoms with Gasteiger partial charge >= 0.3 is 0 Å². The average Bonchev–Trinajstić information content (AvgIpc) is 2.41. The Balaban J connectivity index is 7.97. The van der Waals surface area contributed by atoms with Gasteiger partial charge in [-0.2, -0.15) is 0 Å². The van der Waals surface area contributed by atoms with Crippen molar-refractivity contribution in [3.8, 4) is 0 Å². The summed E-state index contributed by atoms with van der Waals surface area (Å²) in [4.78, 5) is 0. The molecule has 0 aliphatic carbocycles. The lowest BCUT2D eigenvalue weighted by Gasteiger charge is -2.67. The molecule has 0 saturated carbocycles. The molecule has 6 heteroatoms. The van der Waals surface area contributed by atoms with E-state index < -0.39 is 31.3 Å². The highest BCUT2D eigenvalue weighted by molar-refractivity contribution is 7.70. The van der Waals surface area contributed by atoms with Crippen molar-refractivity contribution in [3.63, 3.8) is 0 Å². The van der Waals surface area contributed by atoms with Gasteiger partial charge in [0.1, 0.15) is 0 Å². The van der Waals surface area contributed by atoms with Crippen LogP contribution in [0.5, 0.6) is 0 Å². The van der Waals surface area contributed by atoms with Gasteiger partial charge in [0.15, 0.2) is 0 Å². The Labute approximate surface area is 208 Å². The van der Waals surface area contributed by atoms with E-state index in [1.165, 1.54) is 0 Å². The summed E-state index contributed by atoms with van der Waals surface area (Å²) in [6.07, 6.45) is 0. The van der Waals surface area contributed by atoms with Crippen molar-refractivity contribution < 1.29 is 8.85 Å². The van der Waals surface area contributed by atoms with Crippen molar-refractivity contribution in [1.29, 1.82) is 0 Å². The van der Waals surface area contributed by atoms with Crippen LogP contribution >= 0.6 is 0 Å². The fourth-order valence-electron chi connectivity index (χ4n) is 9.63. The number of hydrogen-bond acceptors (Lipinski definition) is 2. The van der Waals surface area contributed by atoms with Crippen molar-refractivity contribution in [1.82, 2.24) is 0 Å². The normalized spacial score (nSPS) is 16.3. The molecule has 0 aliphatic rings. The minimum atomic E-state index is -2.13. The predicted octanol–water partition coefficient (Wildman–Crippen LogP) is 9.20. The Hall–Kier alpha value is 0.788. The molecule has 2 nitrogen and oxygen atoms in total. The molecule has 0 aliphatic heterocycles. The molecular formula is C26H60O2Si4. The van der Waals surface area contributed by atoms with Crippen LogP contribution in [0.15, 0.2) is 0 Å². The van der Waals surface area contributed by atoms with Gasteiger partial charge in [0.2, 0.25) is 16.2 Å². The fraction of sp³-hybridized carbons (Fsp3) is 1.00. The third-order valence-corrected chi connectivity index (χ3v) is 58.5. The lowest BCUT2D eigenvalue weighted by Crippen LogP contribution is -2.83. The third kappa shape index (κ3) is 4.88. The largest absolute Gasteiger partial charge is 0.424 e. The van der Waals surface area contributed by atoms with Crippen LogP contribution in [0.2, 0.25) is 30.2 Å². The zero-order chi connectivity index (χ0) is 26.6. The maximum Gasteiger partial charge on any atom is 0.213 e. The predicted molar refractivity (Wildman–Crippen MR) is 155 cm³/mol. The first-order valence-electron chi connectivity index (χ1n) is 12.5. The van der Waals surface area contributed by atoms with Crippen molar-refractivity contribution >= 4 is 31.3 Å². The molecule has 0 unspecified atom stereocenters. The van der Waals surface area contributed by atoms with E-state index in [1.54, 1.807) is 0 Å². The van der Waals surface area contributed by atoms with Crippen LogP contribution in [-0.2, 0) is 8.85 Å². The number of rotatable bonds is 5. The summed E-state index contributed by atoms with van der Waals surface area (Å²) < 4.78 is 13.9. The quantitative estimate of drug-likeness (QED) is 0.339. The van der Waals surface area contributed by atoms with Crippen molar-refractivity contribution in [2.24, 2.45) is 0 Å². The van der Waals surface area contributed by atoms with Crippen molar-refractivity contribution in [2.45, 2.75) is 155 Å². The zero-order valence-corrected chi connectivity index (χ0v) is 29.8. The molecule has 0 atom stereocenters. The first kappa shape index (κ1) is 32.8. The van der Waals surface area contributed by atoms with Crippen LogP contribution in [0.25, 0.3) is 0 Å². The topological polar surface area (TPSA) is 18.5 Å². The monoisotopic (exact) mass is 516 g/mol. The van der Waals surface area contributed by atoms with Gasteiger partial charge in [0.05, 0.1) is 15.2 Å². The standard InChI is InChI=1S/C26H60O2Si4/c1-21(2,3)31(22(4,5)6,23(7,8)9)29(27-19)30(28-20)32(24(10,11)12,25(13,14)15)26(16,17)18/h1-20H3. The molecule has 0 heterocycles. The second-order valence-corrected chi connectivity index (χ2v) is 43.1. The highest BCUT2D eigenvalue weighted by Crippen LogP contribution is 2.67. The first-order valence-corrected chi connectivity index (χ1v) is 22.3. The SMILES string of the molecule is CO[Si]([Si](OC)[Si](C(C)(C)C)(C(C)(C)C)C(C)(C)C)[Si](C(C)(C)C)(C(C)(C)C)C(C)(C)C. The van der Waals surface area contributed by atoms with Gasteiger partial charge < -0.3 is 8.85 Å². The van der Waals surface area contributed by atoms with Gasteiger partial charge in [0, 0.05) is 14.2 Å². The molecule has 0 fully saturated rings. The molecule has 0 rings (SSSR count). The van der Waals surface area contributed by atoms with E-state index in [1.807, 2.05) is 14.2 Å². The van der Waals surface area contributed by atoms with Gasteiger partial charge in [-0.15, -0.1) is 0 Å². The van der Waals surface area contributed by atoms with E-state index in [0.29, 0.717) is 0 Å². The average molecular weight is 517 g/mol. The Bertz CT molecular complexity index is 489. The molecule has 2 radical (unpaired) electrons. The summed E-state index contributed by atoms with van der Waals surface area (Å²) in [5, 5.41) is 1.23. The van der Waals surface area contributed by atoms with E-state index >= 15 is 0 Å². The molecule has 0 bridgehead atoms. The van der Waals surface area contributed by atoms with Gasteiger partial charge in [-0.3, -0.25) is 0 Å². The summed E-state index contributed by atoms with van der Waals surface area (Å²) >= 11 is 0. The van der Waals surface area contributed by atoms with E-state index in [4.69, 9.17) is 8.85 Å². The Kier molecular flexibility index (Phi) is 9.57. The van der Waals surface area contributed by atoms with Gasteiger partial charge in [-0.05, 0) is 30.2 Å². The lowest BCUT2D eigenvalue weighted by molar-refractivity contribution is 0.399. The second-order valence-electron chi connectivity index (χ2n) is 16.1. The van der Waals surface area contributed by atoms with Gasteiger partial charge in [-0.25, -0.2) is 0 Å². The maximum atomic E-state index is 6.96. The lowest BCUT2D eigenvalue weighted by atomic mass is 10.2. The summed E-state index contributed by atoms with van der Waals surface area (Å²) in [5.41, 5.74) is 0. The molecule has 0 N–H and O–H groups in total. The van der Waals surface area contributed by atoms with Crippen LogP contribution in [0, 0.1) is 0 Å². The first-order chi connectivity index (χ1) is 13.6. The van der Waals surface area contributed by atoms with E-state index in [2.05, 4.69) is 125 Å². The van der Waals surface area contributed by atoms with Gasteiger partial charge in [0.25, 0.3) is 0 Å². The van der Waals surface area contributed by atoms with E-state index in [-0.39, 0.29) is 30.2 Å². The molecule has 0 aromatic heterocycles. The Morgan fingerprint density at radius 2 is 0.469 bits per heavy atom. The maximum absolute atomic E-state index is 6.96. The van der Waals surface area contributed by atoms with Crippen LogP contribution in [0.1, 0.15) is 125 Å². The molecule has 0 aromatic carbocycles. The van der Waals surface area contributed by atoms with Crippen molar-refractivity contribution in [2.75, 3.05) is 14.2 Å². The smallest absolute Gasteiger partial charge is 0.213 e. The second kappa shape index (κ2) is 9.34. The van der Waals surface area contributed by atoms with Crippen LogP contribution in [0.3, 0.4) is 0 Å². The van der Waals surface area contributed by atoms with Crippen molar-refractivity contribution in [3.05, 3.63) is 0 Å². The summed E-state index contributed by atoms with van der Waals surface area (Å²) in [6, 6.07) is 0. The van der Waals surface area contributed by atoms with Crippen LogP contribution < -0.4 is 0 Å². The fourth-order valence-corrected chi connectivity index (χ4v) is 84.5. The Morgan fingerprint density at radius 1 is 0.344 bits per heavy atom. The summed E-state index contributed by atoms with van der Waals surface area (Å²) in [6.45, 7) is 45.3. The van der Waals surface area contributed by atoms with E-state index in [9.17, 15) is 0 Å². The molecule has 0 amide bonds. The van der Waals surface area contributed by atoms with Crippen LogP contribution in [-0.4, -0.2) is 45.6 Å². The number of hydrogen-bond donors (Lipinski definition) is 0. The van der Waals surface area contributed by atoms with Gasteiger partial charge in [-0.1, -0.05) is 125 Å². The van der Waals surface area contributed by atoms with Crippen LogP contribution in [0.4, 0.5) is 0 Å². The Morgan fingerprint density at radius 3 is 0.531 bits per heavy atom. The molecule has 0 spiro atoms. The molecule has 0 saturated heterocycles. The zero-order valence-electron chi connectivity index (χ0n) is 25.8. The molecular weight excluding hydrogens is 457 g/mol. The van der Waals surface area contributed by atoms with E-state index in [0.717, 1.165) is 0 Å². The highest BCUT2D eigenvalue weighted by Gasteiger charge is 2.75. The molecule has 192 valence electrons. The highest BCUT2D eigenvalue weighted by atomic mass is 29.8. The summed E-state index contributed by atoms with van der Waals surface area (Å²) in [7, 11) is -2.71. The summed E-state index contributed by atoms with van der Waals surface area (Å²) in [5.74, 6) is 0. The minimum Gasteiger partial charge on any atom is -0.424 e. The third-order valence-electron chi connectivity index (χ3n) is 8.05. The molecule has 32 heavy (non-hydrogen) atoms.